The van der Waals surface area contributed by atoms with Crippen molar-refractivity contribution < 1.29 is 0 Å². The van der Waals surface area contributed by atoms with Crippen molar-refractivity contribution in [2.45, 2.75) is 162 Å². The van der Waals surface area contributed by atoms with Crippen LogP contribution >= 0.6 is 11.3 Å². The fourth-order valence-corrected chi connectivity index (χ4v) is 15.0. The molecule has 376 valence electrons. The van der Waals surface area contributed by atoms with Gasteiger partial charge in [0.1, 0.15) is 0 Å². The smallest absolute Gasteiger partial charge is 0.264 e. The molecule has 6 aromatic carbocycles. The number of nitrogens with zero attached hydrogens (tertiary/aromatic N) is 2. The van der Waals surface area contributed by atoms with E-state index in [1.54, 1.807) is 0 Å². The van der Waals surface area contributed by atoms with Crippen LogP contribution in [0.5, 0.6) is 0 Å². The molecule has 2 aliphatic heterocycles. The van der Waals surface area contributed by atoms with Crippen molar-refractivity contribution >= 4 is 74.0 Å². The molecule has 5 aliphatic rings. The third-order valence-corrected chi connectivity index (χ3v) is 19.7. The van der Waals surface area contributed by atoms with Gasteiger partial charge in [0.2, 0.25) is 0 Å². The molecule has 3 heterocycles. The fourth-order valence-electron chi connectivity index (χ4n) is 13.7. The standard InChI is InChI=1S/C70H77BN2S/c1-65(2,3)47-26-30-51-60(34-27-47)74-64-63(51)73(50-29-32-53-55(43-50)70(13,14)38-36-68(53,9)10)59-41-48(66(4,5)6)40-58-62(59)71(64)56-33-25-46(61(44-21-17-15-18-22-44)45-23-19-16-20-24-45)39-57(56)72(58)49-28-31-52-54(42-49)69(11,12)37-35-67(52,7)8/h15-29,31-34,39-43,61H,30,35-38H2,1-14H3. The second-order valence-electron chi connectivity index (χ2n) is 27.5. The number of hydrogen-bond donors (Lipinski definition) is 0. The van der Waals surface area contributed by atoms with E-state index in [0.717, 1.165) is 6.42 Å². The Morgan fingerprint density at radius 2 is 1.01 bits per heavy atom. The Hall–Kier alpha value is -5.84. The Labute approximate surface area is 448 Å². The summed E-state index contributed by atoms with van der Waals surface area (Å²) in [7, 11) is 0. The van der Waals surface area contributed by atoms with Crippen molar-refractivity contribution in [1.82, 2.24) is 0 Å². The fraction of sp³-hybridized carbons (Fsp3) is 0.371. The number of fused-ring (bicyclic) bond motifs is 8. The Morgan fingerprint density at radius 1 is 0.500 bits per heavy atom. The Balaban J connectivity index is 1.19. The highest BCUT2D eigenvalue weighted by atomic mass is 32.1. The van der Waals surface area contributed by atoms with E-state index in [-0.39, 0.29) is 45.1 Å². The van der Waals surface area contributed by atoms with Crippen LogP contribution in [0.1, 0.15) is 183 Å². The minimum atomic E-state index is -0.130. The lowest BCUT2D eigenvalue weighted by atomic mass is 9.36. The van der Waals surface area contributed by atoms with E-state index in [4.69, 9.17) is 0 Å². The number of thiophene rings is 1. The molecule has 0 spiro atoms. The zero-order valence-electron chi connectivity index (χ0n) is 46.8. The molecule has 0 saturated heterocycles. The first-order chi connectivity index (χ1) is 34.9. The summed E-state index contributed by atoms with van der Waals surface area (Å²) in [6.07, 6.45) is 13.0. The number of allylic oxidation sites excluding steroid dienone is 3. The number of rotatable bonds is 5. The maximum atomic E-state index is 2.76. The van der Waals surface area contributed by atoms with Gasteiger partial charge in [-0.3, -0.25) is 0 Å². The van der Waals surface area contributed by atoms with Crippen LogP contribution in [0.15, 0.2) is 145 Å². The molecular weight excluding hydrogens is 912 g/mol. The highest BCUT2D eigenvalue weighted by molar-refractivity contribution is 7.29. The lowest BCUT2D eigenvalue weighted by molar-refractivity contribution is 0.332. The second-order valence-corrected chi connectivity index (χ2v) is 28.5. The van der Waals surface area contributed by atoms with Gasteiger partial charge in [-0.15, -0.1) is 11.3 Å². The van der Waals surface area contributed by atoms with E-state index >= 15 is 0 Å². The van der Waals surface area contributed by atoms with Crippen LogP contribution in [-0.2, 0) is 33.5 Å². The Bertz CT molecular complexity index is 3420. The average Bonchev–Trinajstić information content (AvgIpc) is 3.61. The number of benzene rings is 6. The monoisotopic (exact) mass is 989 g/mol. The normalized spacial score (nSPS) is 18.6. The first-order valence-corrected chi connectivity index (χ1v) is 28.6. The van der Waals surface area contributed by atoms with Crippen LogP contribution in [0.25, 0.3) is 6.08 Å². The van der Waals surface area contributed by atoms with Crippen LogP contribution in [0, 0.1) is 5.41 Å². The van der Waals surface area contributed by atoms with Gasteiger partial charge in [0.05, 0.1) is 5.69 Å². The maximum absolute atomic E-state index is 2.76. The molecule has 0 N–H and O–H groups in total. The van der Waals surface area contributed by atoms with E-state index in [1.165, 1.54) is 136 Å². The van der Waals surface area contributed by atoms with Crippen molar-refractivity contribution in [3.05, 3.63) is 200 Å². The summed E-state index contributed by atoms with van der Waals surface area (Å²) < 4.78 is 1.45. The number of hydrogen-bond acceptors (Lipinski definition) is 3. The quantitative estimate of drug-likeness (QED) is 0.125. The lowest BCUT2D eigenvalue weighted by Crippen LogP contribution is -2.60. The number of anilines is 6. The summed E-state index contributed by atoms with van der Waals surface area (Å²) in [6.45, 7) is 34.1. The minimum Gasteiger partial charge on any atom is -0.311 e. The van der Waals surface area contributed by atoms with Gasteiger partial charge in [-0.1, -0.05) is 194 Å². The first-order valence-electron chi connectivity index (χ1n) is 27.8. The van der Waals surface area contributed by atoms with Gasteiger partial charge >= 0.3 is 0 Å². The average molecular weight is 989 g/mol. The van der Waals surface area contributed by atoms with Crippen LogP contribution in [-0.4, -0.2) is 6.71 Å². The van der Waals surface area contributed by atoms with Gasteiger partial charge in [-0.05, 0) is 180 Å². The molecule has 0 fully saturated rings. The SMILES string of the molecule is CC(C)(C)C1=CCc2c(sc3c2N(c2ccc4c(c2)C(C)(C)CCC4(C)C)c2cc(C(C)(C)C)cc4c2B3c2ccc(C(c3ccccc3)c3ccccc3)cc2N4c2ccc3c(c2)C(C)(C)CCC3(C)C)C=C1. The van der Waals surface area contributed by atoms with Gasteiger partial charge in [-0.2, -0.15) is 0 Å². The molecule has 0 unspecified atom stereocenters. The van der Waals surface area contributed by atoms with E-state index < -0.39 is 0 Å². The van der Waals surface area contributed by atoms with E-state index in [2.05, 4.69) is 252 Å². The topological polar surface area (TPSA) is 6.48 Å². The predicted octanol–water partition coefficient (Wildman–Crippen LogP) is 17.5. The van der Waals surface area contributed by atoms with Crippen LogP contribution < -0.4 is 25.5 Å². The molecule has 0 saturated carbocycles. The molecule has 0 atom stereocenters. The third kappa shape index (κ3) is 7.85. The van der Waals surface area contributed by atoms with Crippen molar-refractivity contribution in [3.8, 4) is 0 Å². The van der Waals surface area contributed by atoms with Gasteiger partial charge in [0.15, 0.2) is 0 Å². The molecule has 7 aromatic rings. The molecule has 0 bridgehead atoms. The van der Waals surface area contributed by atoms with Crippen LogP contribution in [0.2, 0.25) is 0 Å². The molecule has 3 aliphatic carbocycles. The molecule has 2 nitrogen and oxygen atoms in total. The Morgan fingerprint density at radius 3 is 1.54 bits per heavy atom. The molecule has 12 rings (SSSR count). The second kappa shape index (κ2) is 16.8. The lowest BCUT2D eigenvalue weighted by Gasteiger charge is -2.46. The van der Waals surface area contributed by atoms with E-state index in [9.17, 15) is 0 Å². The summed E-state index contributed by atoms with van der Waals surface area (Å²) in [5.74, 6) is 0.0630. The van der Waals surface area contributed by atoms with Gasteiger partial charge < -0.3 is 9.80 Å². The Kier molecular flexibility index (Phi) is 11.2. The van der Waals surface area contributed by atoms with Crippen molar-refractivity contribution in [1.29, 1.82) is 0 Å². The molecule has 1 aromatic heterocycles. The molecule has 0 radical (unpaired) electrons. The summed E-state index contributed by atoms with van der Waals surface area (Å²) >= 11 is 2.04. The summed E-state index contributed by atoms with van der Waals surface area (Å²) in [6, 6.07) is 50.4. The van der Waals surface area contributed by atoms with Crippen molar-refractivity contribution in [2.24, 2.45) is 5.41 Å². The van der Waals surface area contributed by atoms with Crippen LogP contribution in [0.4, 0.5) is 34.1 Å². The highest BCUT2D eigenvalue weighted by Gasteiger charge is 2.48. The highest BCUT2D eigenvalue weighted by Crippen LogP contribution is 2.54. The van der Waals surface area contributed by atoms with Gasteiger partial charge in [-0.25, -0.2) is 0 Å². The zero-order chi connectivity index (χ0) is 52.1. The summed E-state index contributed by atoms with van der Waals surface area (Å²) in [4.78, 5) is 6.86. The first kappa shape index (κ1) is 49.1. The van der Waals surface area contributed by atoms with Gasteiger partial charge in [0.25, 0.3) is 6.71 Å². The van der Waals surface area contributed by atoms with E-state index in [1.807, 2.05) is 11.3 Å². The van der Waals surface area contributed by atoms with Crippen molar-refractivity contribution in [3.63, 3.8) is 0 Å². The maximum Gasteiger partial charge on any atom is 0.264 e. The molecule has 74 heavy (non-hydrogen) atoms. The van der Waals surface area contributed by atoms with Gasteiger partial charge in [0, 0.05) is 44.0 Å². The molecule has 4 heteroatoms. The summed E-state index contributed by atoms with van der Waals surface area (Å²) in [5.41, 5.74) is 24.9. The predicted molar refractivity (Wildman–Crippen MR) is 322 cm³/mol. The molecule has 0 amide bonds. The molecular formula is C70H77BN2S. The van der Waals surface area contributed by atoms with Crippen LogP contribution in [0.3, 0.4) is 0 Å². The third-order valence-electron chi connectivity index (χ3n) is 18.5. The van der Waals surface area contributed by atoms with E-state index in [0.29, 0.717) is 0 Å². The largest absolute Gasteiger partial charge is 0.311 e. The summed E-state index contributed by atoms with van der Waals surface area (Å²) in [5, 5.41) is 0. The van der Waals surface area contributed by atoms with Crippen molar-refractivity contribution in [2.75, 3.05) is 9.80 Å². The zero-order valence-corrected chi connectivity index (χ0v) is 47.7. The minimum absolute atomic E-state index is 0.0323.